The molecule has 0 aliphatic carbocycles. The molecule has 0 saturated carbocycles. The summed E-state index contributed by atoms with van der Waals surface area (Å²) in [4.78, 5) is 11.7. The van der Waals surface area contributed by atoms with Gasteiger partial charge in [-0.05, 0) is 12.5 Å². The van der Waals surface area contributed by atoms with E-state index in [1.54, 1.807) is 6.92 Å². The Bertz CT molecular complexity index is 604. The molecule has 0 amide bonds. The summed E-state index contributed by atoms with van der Waals surface area (Å²) in [6, 6.07) is 7.84. The number of hydrogen-bond donors (Lipinski definition) is 1. The molecule has 0 spiro atoms. The topological polar surface area (TPSA) is 64.2 Å². The third-order valence-corrected chi connectivity index (χ3v) is 2.85. The smallest absolute Gasteiger partial charge is 0.360 e. The van der Waals surface area contributed by atoms with E-state index in [-0.39, 0.29) is 5.69 Å². The van der Waals surface area contributed by atoms with Crippen LogP contribution in [0.25, 0.3) is 11.3 Å². The number of fused-ring (bicyclic) bond motifs is 3. The Kier molecular flexibility index (Phi) is 2.51. The fraction of sp³-hybridized carbons (Fsp3) is 0.231. The van der Waals surface area contributed by atoms with Crippen LogP contribution in [0.5, 0.6) is 5.75 Å². The molecule has 1 aromatic carbocycles. The van der Waals surface area contributed by atoms with E-state index in [1.807, 2.05) is 24.3 Å². The average Bonchev–Trinajstić information content (AvgIpc) is 2.83. The molecule has 2 heterocycles. The fourth-order valence-corrected chi connectivity index (χ4v) is 2.02. The Labute approximate surface area is 104 Å². The molecular formula is C13H12N2O3. The number of benzene rings is 1. The number of rotatable bonds is 2. The van der Waals surface area contributed by atoms with Gasteiger partial charge in [0, 0.05) is 5.56 Å². The Balaban J connectivity index is 2.07. The lowest BCUT2D eigenvalue weighted by Gasteiger charge is -2.16. The molecule has 18 heavy (non-hydrogen) atoms. The van der Waals surface area contributed by atoms with Crippen LogP contribution in [-0.4, -0.2) is 22.8 Å². The van der Waals surface area contributed by atoms with E-state index in [0.29, 0.717) is 24.7 Å². The lowest BCUT2D eigenvalue weighted by Crippen LogP contribution is -2.10. The summed E-state index contributed by atoms with van der Waals surface area (Å²) < 4.78 is 10.5. The van der Waals surface area contributed by atoms with Crippen LogP contribution in [0.4, 0.5) is 0 Å². The predicted molar refractivity (Wildman–Crippen MR) is 64.3 cm³/mol. The van der Waals surface area contributed by atoms with Gasteiger partial charge in [0.15, 0.2) is 11.4 Å². The molecule has 0 bridgehead atoms. The van der Waals surface area contributed by atoms with Crippen LogP contribution in [0.2, 0.25) is 0 Å². The fourth-order valence-electron chi connectivity index (χ4n) is 2.02. The monoisotopic (exact) mass is 244 g/mol. The number of carbonyl (C=O) groups excluding carboxylic acids is 1. The molecule has 5 nitrogen and oxygen atoms in total. The van der Waals surface area contributed by atoms with Gasteiger partial charge in [-0.15, -0.1) is 0 Å². The number of H-pyrrole nitrogens is 1. The van der Waals surface area contributed by atoms with E-state index in [0.717, 1.165) is 11.1 Å². The molecule has 2 aromatic rings. The Morgan fingerprint density at radius 3 is 3.17 bits per heavy atom. The molecule has 92 valence electrons. The molecular weight excluding hydrogens is 232 g/mol. The van der Waals surface area contributed by atoms with Gasteiger partial charge in [-0.2, -0.15) is 5.10 Å². The van der Waals surface area contributed by atoms with Gasteiger partial charge >= 0.3 is 5.97 Å². The number of ether oxygens (including phenoxy) is 2. The Morgan fingerprint density at radius 2 is 2.33 bits per heavy atom. The molecule has 0 radical (unpaired) electrons. The van der Waals surface area contributed by atoms with Gasteiger partial charge < -0.3 is 9.47 Å². The van der Waals surface area contributed by atoms with Crippen molar-refractivity contribution in [3.8, 4) is 17.0 Å². The van der Waals surface area contributed by atoms with Crippen molar-refractivity contribution in [1.29, 1.82) is 0 Å². The first-order valence-electron chi connectivity index (χ1n) is 5.77. The van der Waals surface area contributed by atoms with Crippen LogP contribution in [-0.2, 0) is 11.3 Å². The van der Waals surface area contributed by atoms with Gasteiger partial charge in [-0.1, -0.05) is 24.3 Å². The quantitative estimate of drug-likeness (QED) is 0.822. The number of esters is 1. The highest BCUT2D eigenvalue weighted by Crippen LogP contribution is 2.37. The normalized spacial score (nSPS) is 12.3. The Hall–Kier alpha value is -2.30. The number of nitrogens with zero attached hydrogens (tertiary/aromatic N) is 1. The second kappa shape index (κ2) is 4.18. The third kappa shape index (κ3) is 1.55. The minimum atomic E-state index is -0.439. The van der Waals surface area contributed by atoms with Crippen molar-refractivity contribution in [3.63, 3.8) is 0 Å². The van der Waals surface area contributed by atoms with Crippen molar-refractivity contribution in [3.05, 3.63) is 35.5 Å². The number of carbonyl (C=O) groups is 1. The highest BCUT2D eigenvalue weighted by Gasteiger charge is 2.27. The number of aromatic nitrogens is 2. The van der Waals surface area contributed by atoms with Gasteiger partial charge in [0.1, 0.15) is 12.3 Å². The summed E-state index contributed by atoms with van der Waals surface area (Å²) in [5.41, 5.74) is 3.00. The molecule has 1 N–H and O–H groups in total. The van der Waals surface area contributed by atoms with Crippen molar-refractivity contribution in [2.45, 2.75) is 13.5 Å². The first kappa shape index (κ1) is 10.8. The van der Waals surface area contributed by atoms with E-state index in [4.69, 9.17) is 9.47 Å². The standard InChI is InChI=1S/C13H12N2O3/c1-2-17-13(16)11-12-10(14-15-11)9-6-4-3-5-8(9)7-18-12/h3-6H,2,7H2,1H3,(H,14,15). The summed E-state index contributed by atoms with van der Waals surface area (Å²) in [6.45, 7) is 2.52. The molecule has 1 aliphatic heterocycles. The molecule has 0 atom stereocenters. The SMILES string of the molecule is CCOC(=O)c1[nH]nc2c1OCc1ccccc1-2. The molecule has 3 rings (SSSR count). The van der Waals surface area contributed by atoms with Gasteiger partial charge in [-0.3, -0.25) is 5.10 Å². The third-order valence-electron chi connectivity index (χ3n) is 2.85. The summed E-state index contributed by atoms with van der Waals surface area (Å²) in [7, 11) is 0. The van der Waals surface area contributed by atoms with Crippen LogP contribution in [0.3, 0.4) is 0 Å². The predicted octanol–water partition coefficient (Wildman–Crippen LogP) is 2.15. The molecule has 0 saturated heterocycles. The number of hydrogen-bond acceptors (Lipinski definition) is 4. The minimum Gasteiger partial charge on any atom is -0.484 e. The van der Waals surface area contributed by atoms with Gasteiger partial charge in [0.2, 0.25) is 0 Å². The summed E-state index contributed by atoms with van der Waals surface area (Å²) >= 11 is 0. The molecule has 5 heteroatoms. The van der Waals surface area contributed by atoms with Gasteiger partial charge in [0.05, 0.1) is 6.61 Å². The van der Waals surface area contributed by atoms with Crippen LogP contribution in [0.15, 0.2) is 24.3 Å². The van der Waals surface area contributed by atoms with Gasteiger partial charge in [-0.25, -0.2) is 4.79 Å². The zero-order valence-corrected chi connectivity index (χ0v) is 9.90. The lowest BCUT2D eigenvalue weighted by atomic mass is 10.0. The van der Waals surface area contributed by atoms with Crippen LogP contribution < -0.4 is 4.74 Å². The van der Waals surface area contributed by atoms with E-state index >= 15 is 0 Å². The van der Waals surface area contributed by atoms with E-state index in [9.17, 15) is 4.79 Å². The first-order valence-corrected chi connectivity index (χ1v) is 5.77. The van der Waals surface area contributed by atoms with Crippen molar-refractivity contribution in [2.75, 3.05) is 6.61 Å². The average molecular weight is 244 g/mol. The highest BCUT2D eigenvalue weighted by molar-refractivity contribution is 5.93. The van der Waals surface area contributed by atoms with Crippen LogP contribution >= 0.6 is 0 Å². The maximum atomic E-state index is 11.7. The summed E-state index contributed by atoms with van der Waals surface area (Å²) in [6.07, 6.45) is 0. The first-order chi connectivity index (χ1) is 8.81. The second-order valence-electron chi connectivity index (χ2n) is 3.94. The van der Waals surface area contributed by atoms with E-state index in [1.165, 1.54) is 0 Å². The van der Waals surface area contributed by atoms with Crippen molar-refractivity contribution >= 4 is 5.97 Å². The number of nitrogens with one attached hydrogen (secondary N) is 1. The van der Waals surface area contributed by atoms with Gasteiger partial charge in [0.25, 0.3) is 0 Å². The van der Waals surface area contributed by atoms with Crippen molar-refractivity contribution in [1.82, 2.24) is 10.2 Å². The zero-order chi connectivity index (χ0) is 12.5. The Morgan fingerprint density at radius 1 is 1.50 bits per heavy atom. The van der Waals surface area contributed by atoms with Crippen molar-refractivity contribution < 1.29 is 14.3 Å². The van der Waals surface area contributed by atoms with E-state index in [2.05, 4.69) is 10.2 Å². The molecule has 0 unspecified atom stereocenters. The minimum absolute atomic E-state index is 0.279. The maximum absolute atomic E-state index is 11.7. The maximum Gasteiger partial charge on any atom is 0.360 e. The summed E-state index contributed by atoms with van der Waals surface area (Å²) in [5.74, 6) is 0.0396. The summed E-state index contributed by atoms with van der Waals surface area (Å²) in [5, 5.41) is 6.84. The molecule has 1 aliphatic rings. The molecule has 1 aromatic heterocycles. The second-order valence-corrected chi connectivity index (χ2v) is 3.94. The number of aromatic amines is 1. The van der Waals surface area contributed by atoms with E-state index < -0.39 is 5.97 Å². The lowest BCUT2D eigenvalue weighted by molar-refractivity contribution is 0.0514. The van der Waals surface area contributed by atoms with Crippen molar-refractivity contribution in [2.24, 2.45) is 0 Å². The van der Waals surface area contributed by atoms with Crippen LogP contribution in [0, 0.1) is 0 Å². The molecule has 0 fully saturated rings. The largest absolute Gasteiger partial charge is 0.484 e. The zero-order valence-electron chi connectivity index (χ0n) is 9.90. The van der Waals surface area contributed by atoms with Crippen LogP contribution in [0.1, 0.15) is 23.0 Å². The highest BCUT2D eigenvalue weighted by atomic mass is 16.5.